The Hall–Kier alpha value is -1.81. The van der Waals surface area contributed by atoms with E-state index >= 15 is 0 Å². The van der Waals surface area contributed by atoms with Gasteiger partial charge in [-0.25, -0.2) is 9.18 Å². The van der Waals surface area contributed by atoms with Gasteiger partial charge in [0, 0.05) is 10.5 Å². The molecule has 21 heavy (non-hydrogen) atoms. The van der Waals surface area contributed by atoms with Crippen molar-refractivity contribution in [2.45, 2.75) is 37.8 Å². The molecule has 2 rings (SSSR count). The summed E-state index contributed by atoms with van der Waals surface area (Å²) in [6, 6.07) is 4.16. The van der Waals surface area contributed by atoms with Crippen LogP contribution in [0.1, 0.15) is 31.2 Å². The zero-order valence-corrected chi connectivity index (χ0v) is 12.8. The van der Waals surface area contributed by atoms with Gasteiger partial charge in [0.1, 0.15) is 11.9 Å². The molecule has 1 aromatic rings. The van der Waals surface area contributed by atoms with E-state index in [1.54, 1.807) is 0 Å². The molecular weight excluding hydrogens is 341 g/mol. The van der Waals surface area contributed by atoms with Crippen LogP contribution in [0.25, 0.3) is 0 Å². The maximum atomic E-state index is 14.0. The third-order valence-electron chi connectivity index (χ3n) is 3.59. The summed E-state index contributed by atoms with van der Waals surface area (Å²) >= 11 is 3.22. The average Bonchev–Trinajstić information content (AvgIpc) is 2.44. The zero-order valence-electron chi connectivity index (χ0n) is 11.2. The standard InChI is InChI=1S/C14H15BrFN3O2/c15-9-6-13(10(16)5-8(9)7-17)18-11-3-1-2-4-12(11)19-14(20)21/h5-6,11-12,18-19H,1-4H2,(H,20,21). The molecule has 1 aliphatic rings. The number of halogens is 2. The molecule has 2 atom stereocenters. The molecule has 0 aromatic heterocycles. The fourth-order valence-electron chi connectivity index (χ4n) is 2.58. The van der Waals surface area contributed by atoms with Crippen LogP contribution in [0.2, 0.25) is 0 Å². The van der Waals surface area contributed by atoms with Crippen LogP contribution in [0, 0.1) is 17.1 Å². The fraction of sp³-hybridized carbons (Fsp3) is 0.429. The highest BCUT2D eigenvalue weighted by Gasteiger charge is 2.27. The summed E-state index contributed by atoms with van der Waals surface area (Å²) in [6.07, 6.45) is 2.33. The van der Waals surface area contributed by atoms with Crippen molar-refractivity contribution in [3.8, 4) is 6.07 Å². The van der Waals surface area contributed by atoms with Crippen molar-refractivity contribution < 1.29 is 14.3 Å². The Kier molecular flexibility index (Phi) is 5.02. The lowest BCUT2D eigenvalue weighted by Crippen LogP contribution is -2.48. The lowest BCUT2D eigenvalue weighted by Gasteiger charge is -2.32. The molecule has 3 N–H and O–H groups in total. The molecule has 0 spiro atoms. The quantitative estimate of drug-likeness (QED) is 0.774. The van der Waals surface area contributed by atoms with Crippen LogP contribution in [0.4, 0.5) is 14.9 Å². The first-order valence-corrected chi connectivity index (χ1v) is 7.45. The molecular formula is C14H15BrFN3O2. The van der Waals surface area contributed by atoms with Crippen LogP contribution in [-0.4, -0.2) is 23.3 Å². The van der Waals surface area contributed by atoms with Gasteiger partial charge < -0.3 is 15.7 Å². The van der Waals surface area contributed by atoms with Crippen molar-refractivity contribution in [2.75, 3.05) is 5.32 Å². The first-order valence-electron chi connectivity index (χ1n) is 6.66. The number of carboxylic acid groups (broad SMARTS) is 1. The summed E-state index contributed by atoms with van der Waals surface area (Å²) in [5, 5.41) is 23.2. The minimum absolute atomic E-state index is 0.163. The number of nitrogens with zero attached hydrogens (tertiary/aromatic N) is 1. The van der Waals surface area contributed by atoms with E-state index in [0.717, 1.165) is 31.7 Å². The maximum absolute atomic E-state index is 14.0. The van der Waals surface area contributed by atoms with Crippen molar-refractivity contribution in [2.24, 2.45) is 0 Å². The highest BCUT2D eigenvalue weighted by molar-refractivity contribution is 9.10. The normalized spacial score (nSPS) is 21.4. The number of carbonyl (C=O) groups is 1. The molecule has 0 radical (unpaired) electrons. The predicted molar refractivity (Wildman–Crippen MR) is 79.6 cm³/mol. The molecule has 0 bridgehead atoms. The Bertz CT molecular complexity index is 588. The molecule has 7 heteroatoms. The summed E-state index contributed by atoms with van der Waals surface area (Å²) in [6.45, 7) is 0. The molecule has 0 aliphatic heterocycles. The smallest absolute Gasteiger partial charge is 0.404 e. The van der Waals surface area contributed by atoms with Crippen molar-refractivity contribution in [3.05, 3.63) is 28.0 Å². The van der Waals surface area contributed by atoms with E-state index in [1.807, 2.05) is 6.07 Å². The molecule has 112 valence electrons. The largest absolute Gasteiger partial charge is 0.465 e. The second-order valence-corrected chi connectivity index (χ2v) is 5.87. The van der Waals surface area contributed by atoms with Crippen LogP contribution >= 0.6 is 15.9 Å². The second-order valence-electron chi connectivity index (χ2n) is 5.01. The second kappa shape index (κ2) is 6.76. The topological polar surface area (TPSA) is 85.2 Å². The van der Waals surface area contributed by atoms with Gasteiger partial charge in [0.15, 0.2) is 0 Å². The summed E-state index contributed by atoms with van der Waals surface area (Å²) in [5.41, 5.74) is 0.492. The Morgan fingerprint density at radius 1 is 1.38 bits per heavy atom. The monoisotopic (exact) mass is 355 g/mol. The van der Waals surface area contributed by atoms with Crippen LogP contribution in [-0.2, 0) is 0 Å². The number of hydrogen-bond acceptors (Lipinski definition) is 3. The molecule has 2 unspecified atom stereocenters. The Morgan fingerprint density at radius 3 is 2.67 bits per heavy atom. The van der Waals surface area contributed by atoms with Gasteiger partial charge >= 0.3 is 6.09 Å². The van der Waals surface area contributed by atoms with Crippen molar-refractivity contribution in [1.82, 2.24) is 5.32 Å². The van der Waals surface area contributed by atoms with E-state index in [-0.39, 0.29) is 23.3 Å². The first-order chi connectivity index (χ1) is 10.0. The summed E-state index contributed by atoms with van der Waals surface area (Å²) in [4.78, 5) is 10.8. The number of nitrogens with one attached hydrogen (secondary N) is 2. The van der Waals surface area contributed by atoms with E-state index in [2.05, 4.69) is 26.6 Å². The van der Waals surface area contributed by atoms with Gasteiger partial charge in [-0.05, 0) is 40.9 Å². The minimum Gasteiger partial charge on any atom is -0.465 e. The number of nitriles is 1. The van der Waals surface area contributed by atoms with E-state index in [4.69, 9.17) is 10.4 Å². The molecule has 0 heterocycles. The van der Waals surface area contributed by atoms with Crippen LogP contribution in [0.3, 0.4) is 0 Å². The third kappa shape index (κ3) is 3.85. The number of benzene rings is 1. The van der Waals surface area contributed by atoms with Crippen LogP contribution in [0.5, 0.6) is 0 Å². The van der Waals surface area contributed by atoms with E-state index < -0.39 is 11.9 Å². The summed E-state index contributed by atoms with van der Waals surface area (Å²) < 4.78 is 14.5. The molecule has 5 nitrogen and oxygen atoms in total. The van der Waals surface area contributed by atoms with Crippen molar-refractivity contribution >= 4 is 27.7 Å². The maximum Gasteiger partial charge on any atom is 0.404 e. The molecule has 1 fully saturated rings. The van der Waals surface area contributed by atoms with Crippen molar-refractivity contribution in [1.29, 1.82) is 5.26 Å². The van der Waals surface area contributed by atoms with Gasteiger partial charge in [0.2, 0.25) is 0 Å². The lowest BCUT2D eigenvalue weighted by molar-refractivity contribution is 0.184. The lowest BCUT2D eigenvalue weighted by atomic mass is 9.90. The molecule has 0 saturated heterocycles. The van der Waals surface area contributed by atoms with Gasteiger partial charge in [-0.3, -0.25) is 0 Å². The zero-order chi connectivity index (χ0) is 15.4. The molecule has 1 aromatic carbocycles. The SMILES string of the molecule is N#Cc1cc(F)c(NC2CCCCC2NC(=O)O)cc1Br. The summed E-state index contributed by atoms with van der Waals surface area (Å²) in [5.74, 6) is -0.519. The highest BCUT2D eigenvalue weighted by atomic mass is 79.9. The third-order valence-corrected chi connectivity index (χ3v) is 4.25. The van der Waals surface area contributed by atoms with Crippen LogP contribution < -0.4 is 10.6 Å². The van der Waals surface area contributed by atoms with E-state index in [1.165, 1.54) is 6.07 Å². The van der Waals surface area contributed by atoms with Gasteiger partial charge in [0.05, 0.1) is 17.3 Å². The number of rotatable bonds is 3. The Morgan fingerprint density at radius 2 is 2.05 bits per heavy atom. The summed E-state index contributed by atoms with van der Waals surface area (Å²) in [7, 11) is 0. The number of hydrogen-bond donors (Lipinski definition) is 3. The average molecular weight is 356 g/mol. The number of anilines is 1. The molecule has 1 aliphatic carbocycles. The fourth-order valence-corrected chi connectivity index (χ4v) is 3.01. The van der Waals surface area contributed by atoms with Gasteiger partial charge in [-0.1, -0.05) is 12.8 Å². The van der Waals surface area contributed by atoms with Gasteiger partial charge in [-0.2, -0.15) is 5.26 Å². The Labute approximate surface area is 130 Å². The van der Waals surface area contributed by atoms with Gasteiger partial charge in [0.25, 0.3) is 0 Å². The predicted octanol–water partition coefficient (Wildman–Crippen LogP) is 3.45. The van der Waals surface area contributed by atoms with Crippen LogP contribution in [0.15, 0.2) is 16.6 Å². The molecule has 1 amide bonds. The number of amides is 1. The molecule has 1 saturated carbocycles. The minimum atomic E-state index is -1.07. The highest BCUT2D eigenvalue weighted by Crippen LogP contribution is 2.28. The first kappa shape index (κ1) is 15.6. The van der Waals surface area contributed by atoms with Crippen molar-refractivity contribution in [3.63, 3.8) is 0 Å². The van der Waals surface area contributed by atoms with E-state index in [0.29, 0.717) is 4.47 Å². The van der Waals surface area contributed by atoms with Gasteiger partial charge in [-0.15, -0.1) is 0 Å². The Balaban J connectivity index is 2.17. The van der Waals surface area contributed by atoms with E-state index in [9.17, 15) is 9.18 Å².